The molecule has 0 bridgehead atoms. The van der Waals surface area contributed by atoms with Crippen molar-refractivity contribution in [3.63, 3.8) is 0 Å². The van der Waals surface area contributed by atoms with Crippen molar-refractivity contribution in [3.05, 3.63) is 76.7 Å². The Kier molecular flexibility index (Phi) is 6.92. The SMILES string of the molecule is COC(=O)c1c(-c2cc(OC)c(OC)c(OC)c2)c2ccccc2c(=O)n1-c1ccc(S(N)(=O)=O)cc1. The number of benzene rings is 3. The van der Waals surface area contributed by atoms with Crippen molar-refractivity contribution in [2.75, 3.05) is 28.4 Å². The van der Waals surface area contributed by atoms with Crippen LogP contribution in [0.1, 0.15) is 10.5 Å². The van der Waals surface area contributed by atoms with Gasteiger partial charge in [-0.3, -0.25) is 9.36 Å². The normalized spacial score (nSPS) is 11.3. The van der Waals surface area contributed by atoms with E-state index in [-0.39, 0.29) is 16.3 Å². The number of rotatable bonds is 7. The zero-order chi connectivity index (χ0) is 26.9. The first-order valence-corrected chi connectivity index (χ1v) is 12.4. The number of primary sulfonamides is 1. The largest absolute Gasteiger partial charge is 0.493 e. The smallest absolute Gasteiger partial charge is 0.355 e. The number of pyridine rings is 1. The number of ether oxygens (including phenoxy) is 4. The number of methoxy groups -OCH3 is 4. The Balaban J connectivity index is 2.19. The number of hydrogen-bond donors (Lipinski definition) is 1. The highest BCUT2D eigenvalue weighted by Gasteiger charge is 2.27. The molecule has 37 heavy (non-hydrogen) atoms. The lowest BCUT2D eigenvalue weighted by atomic mass is 9.95. The van der Waals surface area contributed by atoms with Gasteiger partial charge in [0.05, 0.1) is 33.3 Å². The molecule has 4 rings (SSSR count). The highest BCUT2D eigenvalue weighted by Crippen LogP contribution is 2.43. The van der Waals surface area contributed by atoms with Crippen molar-refractivity contribution >= 4 is 26.8 Å². The molecule has 192 valence electrons. The minimum Gasteiger partial charge on any atom is -0.493 e. The maximum atomic E-state index is 13.7. The molecule has 1 aromatic heterocycles. The van der Waals surface area contributed by atoms with E-state index in [0.29, 0.717) is 39.1 Å². The summed E-state index contributed by atoms with van der Waals surface area (Å²) in [6.45, 7) is 0. The number of sulfonamides is 1. The summed E-state index contributed by atoms with van der Waals surface area (Å²) in [6.07, 6.45) is 0. The highest BCUT2D eigenvalue weighted by atomic mass is 32.2. The van der Waals surface area contributed by atoms with Gasteiger partial charge >= 0.3 is 5.97 Å². The third-order valence-corrected chi connectivity index (χ3v) is 6.78. The first kappa shape index (κ1) is 25.7. The van der Waals surface area contributed by atoms with E-state index in [9.17, 15) is 18.0 Å². The van der Waals surface area contributed by atoms with Crippen molar-refractivity contribution in [3.8, 4) is 34.1 Å². The standard InChI is InChI=1S/C26H24N2O8S/c1-33-20-13-15(14-21(34-2)24(20)35-3)22-18-7-5-6-8-19(18)25(29)28(23(22)26(30)36-4)16-9-11-17(12-10-16)37(27,31)32/h5-14H,1-4H3,(H2,27,31,32). The summed E-state index contributed by atoms with van der Waals surface area (Å²) in [6, 6.07) is 15.4. The van der Waals surface area contributed by atoms with Gasteiger partial charge in [0.2, 0.25) is 15.8 Å². The summed E-state index contributed by atoms with van der Waals surface area (Å²) in [5, 5.41) is 6.02. The zero-order valence-electron chi connectivity index (χ0n) is 20.5. The minimum absolute atomic E-state index is 0.0798. The van der Waals surface area contributed by atoms with E-state index in [0.717, 1.165) is 0 Å². The van der Waals surface area contributed by atoms with E-state index in [2.05, 4.69) is 0 Å². The first-order valence-electron chi connectivity index (χ1n) is 10.9. The summed E-state index contributed by atoms with van der Waals surface area (Å²) in [7, 11) is 1.64. The van der Waals surface area contributed by atoms with Gasteiger partial charge in [-0.2, -0.15) is 0 Å². The second kappa shape index (κ2) is 9.96. The van der Waals surface area contributed by atoms with Gasteiger partial charge < -0.3 is 18.9 Å². The molecule has 0 aliphatic heterocycles. The molecule has 0 atom stereocenters. The van der Waals surface area contributed by atoms with Crippen LogP contribution < -0.4 is 24.9 Å². The fourth-order valence-electron chi connectivity index (χ4n) is 4.19. The van der Waals surface area contributed by atoms with E-state index in [1.807, 2.05) is 0 Å². The van der Waals surface area contributed by atoms with Crippen LogP contribution in [0.4, 0.5) is 0 Å². The number of nitrogens with two attached hydrogens (primary N) is 1. The lowest BCUT2D eigenvalue weighted by Gasteiger charge is -2.20. The van der Waals surface area contributed by atoms with Crippen LogP contribution in [-0.4, -0.2) is 47.4 Å². The fraction of sp³-hybridized carbons (Fsp3) is 0.154. The average molecular weight is 525 g/mol. The van der Waals surface area contributed by atoms with E-state index in [1.54, 1.807) is 36.4 Å². The zero-order valence-corrected chi connectivity index (χ0v) is 21.3. The Labute approximate surface area is 212 Å². The summed E-state index contributed by atoms with van der Waals surface area (Å²) in [5.41, 5.74) is 0.509. The fourth-order valence-corrected chi connectivity index (χ4v) is 4.70. The molecular formula is C26H24N2O8S. The van der Waals surface area contributed by atoms with Gasteiger partial charge in [0.15, 0.2) is 11.5 Å². The van der Waals surface area contributed by atoms with Crippen LogP contribution in [-0.2, 0) is 14.8 Å². The predicted octanol–water partition coefficient (Wildman–Crippen LogP) is 3.12. The molecule has 11 heteroatoms. The van der Waals surface area contributed by atoms with Gasteiger partial charge in [0, 0.05) is 16.6 Å². The summed E-state index contributed by atoms with van der Waals surface area (Å²) in [4.78, 5) is 26.9. The molecule has 4 aromatic rings. The maximum absolute atomic E-state index is 13.7. The van der Waals surface area contributed by atoms with E-state index in [4.69, 9.17) is 24.1 Å². The molecular weight excluding hydrogens is 500 g/mol. The molecule has 0 radical (unpaired) electrons. The quantitative estimate of drug-likeness (QED) is 0.364. The van der Waals surface area contributed by atoms with Gasteiger partial charge in [-0.15, -0.1) is 0 Å². The van der Waals surface area contributed by atoms with Crippen molar-refractivity contribution in [2.24, 2.45) is 5.14 Å². The Morgan fingerprint density at radius 3 is 1.89 bits per heavy atom. The van der Waals surface area contributed by atoms with Crippen LogP contribution in [0.2, 0.25) is 0 Å². The van der Waals surface area contributed by atoms with Crippen LogP contribution in [0.5, 0.6) is 17.2 Å². The van der Waals surface area contributed by atoms with Crippen molar-refractivity contribution in [1.82, 2.24) is 4.57 Å². The van der Waals surface area contributed by atoms with E-state index >= 15 is 0 Å². The monoisotopic (exact) mass is 524 g/mol. The van der Waals surface area contributed by atoms with Crippen LogP contribution in [0.15, 0.2) is 70.4 Å². The number of fused-ring (bicyclic) bond motifs is 1. The molecule has 0 spiro atoms. The third kappa shape index (κ3) is 4.50. The van der Waals surface area contributed by atoms with Crippen molar-refractivity contribution < 1.29 is 32.2 Å². The number of aromatic nitrogens is 1. The lowest BCUT2D eigenvalue weighted by molar-refractivity contribution is 0.0591. The molecule has 0 unspecified atom stereocenters. The maximum Gasteiger partial charge on any atom is 0.355 e. The molecule has 3 aromatic carbocycles. The number of carbonyl (C=O) groups is 1. The Morgan fingerprint density at radius 2 is 1.41 bits per heavy atom. The van der Waals surface area contributed by atoms with Crippen LogP contribution >= 0.6 is 0 Å². The molecule has 2 N–H and O–H groups in total. The number of nitrogens with zero attached hydrogens (tertiary/aromatic N) is 1. The second-order valence-electron chi connectivity index (χ2n) is 7.85. The summed E-state index contributed by atoms with van der Waals surface area (Å²) in [5.74, 6) is 0.241. The predicted molar refractivity (Wildman–Crippen MR) is 137 cm³/mol. The molecule has 0 saturated heterocycles. The molecule has 0 aliphatic rings. The van der Waals surface area contributed by atoms with E-state index < -0.39 is 21.6 Å². The van der Waals surface area contributed by atoms with E-state index in [1.165, 1.54) is 57.3 Å². The molecule has 0 fully saturated rings. The Morgan fingerprint density at radius 1 is 0.838 bits per heavy atom. The summed E-state index contributed by atoms with van der Waals surface area (Å²) < 4.78 is 46.2. The van der Waals surface area contributed by atoms with Crippen LogP contribution in [0, 0.1) is 0 Å². The molecule has 10 nitrogen and oxygen atoms in total. The minimum atomic E-state index is -3.97. The summed E-state index contributed by atoms with van der Waals surface area (Å²) >= 11 is 0. The highest BCUT2D eigenvalue weighted by molar-refractivity contribution is 7.89. The number of hydrogen-bond acceptors (Lipinski definition) is 8. The van der Waals surface area contributed by atoms with Crippen molar-refractivity contribution in [1.29, 1.82) is 0 Å². The average Bonchev–Trinajstić information content (AvgIpc) is 2.91. The first-order chi connectivity index (χ1) is 17.7. The molecule has 0 saturated carbocycles. The lowest BCUT2D eigenvalue weighted by Crippen LogP contribution is -2.27. The Bertz CT molecular complexity index is 1650. The Hall–Kier alpha value is -4.35. The number of esters is 1. The molecule has 0 aliphatic carbocycles. The topological polar surface area (TPSA) is 136 Å². The van der Waals surface area contributed by atoms with Crippen LogP contribution in [0.25, 0.3) is 27.6 Å². The van der Waals surface area contributed by atoms with Crippen LogP contribution in [0.3, 0.4) is 0 Å². The van der Waals surface area contributed by atoms with Gasteiger partial charge in [0.25, 0.3) is 5.56 Å². The molecule has 1 heterocycles. The second-order valence-corrected chi connectivity index (χ2v) is 9.42. The molecule has 0 amide bonds. The number of carbonyl (C=O) groups excluding carboxylic acids is 1. The van der Waals surface area contributed by atoms with Gasteiger partial charge in [0.1, 0.15) is 5.69 Å². The van der Waals surface area contributed by atoms with Crippen molar-refractivity contribution in [2.45, 2.75) is 4.90 Å². The third-order valence-electron chi connectivity index (χ3n) is 5.85. The van der Waals surface area contributed by atoms with Gasteiger partial charge in [-0.25, -0.2) is 18.4 Å². The van der Waals surface area contributed by atoms with Gasteiger partial charge in [-0.05, 0) is 53.4 Å². The van der Waals surface area contributed by atoms with Gasteiger partial charge in [-0.1, -0.05) is 18.2 Å².